The highest BCUT2D eigenvalue weighted by molar-refractivity contribution is 7.99. The van der Waals surface area contributed by atoms with Crippen LogP contribution in [-0.2, 0) is 5.75 Å². The Hall–Kier alpha value is -1.10. The molecule has 1 heterocycles. The highest BCUT2D eigenvalue weighted by Crippen LogP contribution is 2.26. The Morgan fingerprint density at radius 2 is 1.71 bits per heavy atom. The van der Waals surface area contributed by atoms with Crippen molar-refractivity contribution in [2.45, 2.75) is 45.1 Å². The number of nitrogens with zero attached hydrogens (tertiary/aromatic N) is 2. The van der Waals surface area contributed by atoms with Crippen LogP contribution in [0.15, 0.2) is 0 Å². The molecule has 0 saturated heterocycles. The van der Waals surface area contributed by atoms with Crippen LogP contribution in [0.25, 0.3) is 0 Å². The first kappa shape index (κ1) is 14.0. The number of hydrogen-bond acceptors (Lipinski definition) is 4. The molecular formula is C12H18N2O2S. The number of thioether (sulfide) groups is 1. The second kappa shape index (κ2) is 5.04. The minimum Gasteiger partial charge on any atom is -0.478 e. The van der Waals surface area contributed by atoms with E-state index in [2.05, 4.69) is 30.7 Å². The van der Waals surface area contributed by atoms with Gasteiger partial charge in [-0.05, 0) is 13.8 Å². The van der Waals surface area contributed by atoms with Gasteiger partial charge in [0.25, 0.3) is 0 Å². The zero-order valence-corrected chi connectivity index (χ0v) is 11.7. The van der Waals surface area contributed by atoms with E-state index in [4.69, 9.17) is 5.11 Å². The van der Waals surface area contributed by atoms with Crippen molar-refractivity contribution in [1.29, 1.82) is 0 Å². The quantitative estimate of drug-likeness (QED) is 0.898. The van der Waals surface area contributed by atoms with Crippen LogP contribution >= 0.6 is 11.8 Å². The second-order valence-electron chi connectivity index (χ2n) is 4.89. The molecule has 4 nitrogen and oxygen atoms in total. The normalized spacial score (nSPS) is 11.6. The van der Waals surface area contributed by atoms with E-state index in [-0.39, 0.29) is 10.3 Å². The van der Waals surface area contributed by atoms with Crippen molar-refractivity contribution in [2.24, 2.45) is 0 Å². The molecule has 0 saturated carbocycles. The summed E-state index contributed by atoms with van der Waals surface area (Å²) < 4.78 is 0.149. The maximum Gasteiger partial charge on any atom is 0.339 e. The van der Waals surface area contributed by atoms with Gasteiger partial charge >= 0.3 is 5.97 Å². The van der Waals surface area contributed by atoms with Crippen molar-refractivity contribution in [3.05, 3.63) is 22.8 Å². The summed E-state index contributed by atoms with van der Waals surface area (Å²) in [5, 5.41) is 9.01. The van der Waals surface area contributed by atoms with Crippen LogP contribution in [0.3, 0.4) is 0 Å². The van der Waals surface area contributed by atoms with E-state index in [0.29, 0.717) is 23.0 Å². The van der Waals surface area contributed by atoms with Crippen LogP contribution < -0.4 is 0 Å². The largest absolute Gasteiger partial charge is 0.478 e. The second-order valence-corrected chi connectivity index (χ2v) is 6.69. The van der Waals surface area contributed by atoms with Gasteiger partial charge in [-0.1, -0.05) is 20.8 Å². The molecule has 0 fully saturated rings. The predicted octanol–water partition coefficient (Wildman–Crippen LogP) is 2.82. The highest BCUT2D eigenvalue weighted by atomic mass is 32.2. The number of aryl methyl sites for hydroxylation is 2. The molecule has 0 aliphatic carbocycles. The Labute approximate surface area is 106 Å². The van der Waals surface area contributed by atoms with Crippen LogP contribution in [0.5, 0.6) is 0 Å². The van der Waals surface area contributed by atoms with E-state index < -0.39 is 5.97 Å². The van der Waals surface area contributed by atoms with E-state index in [0.717, 1.165) is 0 Å². The van der Waals surface area contributed by atoms with Gasteiger partial charge in [0.05, 0.1) is 17.1 Å². The highest BCUT2D eigenvalue weighted by Gasteiger charge is 2.16. The van der Waals surface area contributed by atoms with Gasteiger partial charge < -0.3 is 5.11 Å². The maximum absolute atomic E-state index is 11.0. The van der Waals surface area contributed by atoms with Gasteiger partial charge in [-0.25, -0.2) is 14.8 Å². The van der Waals surface area contributed by atoms with Gasteiger partial charge in [0.2, 0.25) is 0 Å². The Balaban J connectivity index is 2.95. The van der Waals surface area contributed by atoms with Crippen LogP contribution in [-0.4, -0.2) is 25.8 Å². The smallest absolute Gasteiger partial charge is 0.339 e. The number of aromatic carboxylic acids is 1. The molecule has 0 amide bonds. The number of rotatable bonds is 3. The summed E-state index contributed by atoms with van der Waals surface area (Å²) in [7, 11) is 0. The molecule has 1 aromatic heterocycles. The molecule has 94 valence electrons. The molecule has 0 atom stereocenters. The van der Waals surface area contributed by atoms with Gasteiger partial charge in [0.15, 0.2) is 0 Å². The number of carboxylic acid groups (broad SMARTS) is 1. The molecule has 0 bridgehead atoms. The van der Waals surface area contributed by atoms with Crippen molar-refractivity contribution in [3.8, 4) is 0 Å². The third-order valence-electron chi connectivity index (χ3n) is 2.17. The number of hydrogen-bond donors (Lipinski definition) is 1. The van der Waals surface area contributed by atoms with Crippen molar-refractivity contribution >= 4 is 17.7 Å². The Kier molecular flexibility index (Phi) is 4.14. The van der Waals surface area contributed by atoms with E-state index >= 15 is 0 Å². The predicted molar refractivity (Wildman–Crippen MR) is 69.5 cm³/mol. The fraction of sp³-hybridized carbons (Fsp3) is 0.583. The molecule has 5 heteroatoms. The lowest BCUT2D eigenvalue weighted by Crippen LogP contribution is -2.12. The minimum absolute atomic E-state index is 0.149. The first-order valence-electron chi connectivity index (χ1n) is 5.42. The van der Waals surface area contributed by atoms with Gasteiger partial charge in [-0.2, -0.15) is 0 Å². The van der Waals surface area contributed by atoms with Crippen molar-refractivity contribution in [3.63, 3.8) is 0 Å². The summed E-state index contributed by atoms with van der Waals surface area (Å²) in [6, 6.07) is 0. The summed E-state index contributed by atoms with van der Waals surface area (Å²) in [6.07, 6.45) is 0. The molecule has 1 N–H and O–H groups in total. The first-order chi connectivity index (χ1) is 7.70. The number of aromatic nitrogens is 2. The molecular weight excluding hydrogens is 236 g/mol. The average Bonchev–Trinajstić information content (AvgIpc) is 2.11. The maximum atomic E-state index is 11.0. The number of carboxylic acids is 1. The minimum atomic E-state index is -0.963. The molecule has 1 aromatic rings. The lowest BCUT2D eigenvalue weighted by molar-refractivity contribution is 0.0694. The van der Waals surface area contributed by atoms with Crippen LogP contribution in [0.2, 0.25) is 0 Å². The zero-order valence-electron chi connectivity index (χ0n) is 10.9. The summed E-state index contributed by atoms with van der Waals surface area (Å²) in [6.45, 7) is 9.81. The van der Waals surface area contributed by atoms with Crippen LogP contribution in [0.1, 0.15) is 48.3 Å². The fourth-order valence-corrected chi connectivity index (χ4v) is 2.13. The third kappa shape index (κ3) is 4.00. The van der Waals surface area contributed by atoms with E-state index in [1.54, 1.807) is 25.6 Å². The molecule has 0 aliphatic heterocycles. The van der Waals surface area contributed by atoms with Crippen molar-refractivity contribution in [2.75, 3.05) is 0 Å². The first-order valence-corrected chi connectivity index (χ1v) is 6.40. The molecule has 17 heavy (non-hydrogen) atoms. The van der Waals surface area contributed by atoms with Gasteiger partial charge in [0, 0.05) is 4.75 Å². The molecule has 0 aromatic carbocycles. The van der Waals surface area contributed by atoms with Gasteiger partial charge in [0.1, 0.15) is 11.4 Å². The molecule has 1 rings (SSSR count). The SMILES string of the molecule is Cc1nc(CSC(C)(C)C)nc(C)c1C(=O)O. The lowest BCUT2D eigenvalue weighted by Gasteiger charge is -2.17. The standard InChI is InChI=1S/C12H18N2O2S/c1-7-10(11(15)16)8(2)14-9(13-7)6-17-12(3,4)5/h6H2,1-5H3,(H,15,16). The van der Waals surface area contributed by atoms with Gasteiger partial charge in [-0.15, -0.1) is 11.8 Å². The summed E-state index contributed by atoms with van der Waals surface area (Å²) in [4.78, 5) is 19.5. The van der Waals surface area contributed by atoms with Crippen molar-refractivity contribution < 1.29 is 9.90 Å². The monoisotopic (exact) mass is 254 g/mol. The van der Waals surface area contributed by atoms with E-state index in [1.165, 1.54) is 0 Å². The topological polar surface area (TPSA) is 63.1 Å². The average molecular weight is 254 g/mol. The number of carbonyl (C=O) groups is 1. The van der Waals surface area contributed by atoms with Crippen LogP contribution in [0.4, 0.5) is 0 Å². The van der Waals surface area contributed by atoms with E-state index in [9.17, 15) is 4.79 Å². The fourth-order valence-electron chi connectivity index (χ4n) is 1.44. The molecule has 0 spiro atoms. The molecule has 0 unspecified atom stereocenters. The summed E-state index contributed by atoms with van der Waals surface area (Å²) in [5.41, 5.74) is 1.29. The summed E-state index contributed by atoms with van der Waals surface area (Å²) >= 11 is 1.75. The van der Waals surface area contributed by atoms with Crippen molar-refractivity contribution in [1.82, 2.24) is 9.97 Å². The molecule has 0 aliphatic rings. The van der Waals surface area contributed by atoms with Crippen LogP contribution in [0, 0.1) is 13.8 Å². The Morgan fingerprint density at radius 3 is 2.06 bits per heavy atom. The van der Waals surface area contributed by atoms with E-state index in [1.807, 2.05) is 0 Å². The Bertz CT molecular complexity index is 416. The van der Waals surface area contributed by atoms with Gasteiger partial charge in [-0.3, -0.25) is 0 Å². The lowest BCUT2D eigenvalue weighted by atomic mass is 10.2. The molecule has 0 radical (unpaired) electrons. The zero-order chi connectivity index (χ0) is 13.2. The Morgan fingerprint density at radius 1 is 1.24 bits per heavy atom. The summed E-state index contributed by atoms with van der Waals surface area (Å²) in [5.74, 6) is 0.436. The third-order valence-corrected chi connectivity index (χ3v) is 3.43.